The lowest BCUT2D eigenvalue weighted by Crippen LogP contribution is -2.53. The van der Waals surface area contributed by atoms with Gasteiger partial charge in [0.15, 0.2) is 0 Å². The van der Waals surface area contributed by atoms with Gasteiger partial charge in [0, 0.05) is 13.0 Å². The van der Waals surface area contributed by atoms with Crippen LogP contribution in [0.15, 0.2) is 0 Å². The fourth-order valence-corrected chi connectivity index (χ4v) is 2.41. The largest absolute Gasteiger partial charge is 0.325 e. The fourth-order valence-electron chi connectivity index (χ4n) is 2.41. The minimum Gasteiger partial charge on any atom is -0.323 e. The molecule has 0 radical (unpaired) electrons. The first-order valence-electron chi connectivity index (χ1n) is 5.98. The topological polar surface area (TPSA) is 61.4 Å². The zero-order valence-corrected chi connectivity index (χ0v) is 9.79. The van der Waals surface area contributed by atoms with Crippen molar-refractivity contribution in [3.8, 4) is 12.3 Å². The number of hydrogen-bond acceptors (Lipinski definition) is 3. The minimum absolute atomic E-state index is 0.0824. The highest BCUT2D eigenvalue weighted by atomic mass is 16.2. The molecule has 2 aliphatic rings. The monoisotopic (exact) mass is 235 g/mol. The molecule has 2 heterocycles. The Bertz CT molecular complexity index is 366. The molecule has 3 amide bonds. The predicted molar refractivity (Wildman–Crippen MR) is 63.1 cm³/mol. The summed E-state index contributed by atoms with van der Waals surface area (Å²) in [5.74, 6) is 2.43. The molecular weight excluding hydrogens is 218 g/mol. The number of nitrogens with zero attached hydrogens (tertiary/aromatic N) is 1. The van der Waals surface area contributed by atoms with E-state index < -0.39 is 5.54 Å². The van der Waals surface area contributed by atoms with Gasteiger partial charge in [0.05, 0.1) is 0 Å². The lowest BCUT2D eigenvalue weighted by Gasteiger charge is -2.31. The molecule has 2 rings (SSSR count). The van der Waals surface area contributed by atoms with Crippen molar-refractivity contribution in [2.45, 2.75) is 31.2 Å². The van der Waals surface area contributed by atoms with Gasteiger partial charge in [-0.3, -0.25) is 9.69 Å². The average molecular weight is 235 g/mol. The van der Waals surface area contributed by atoms with Crippen LogP contribution in [-0.2, 0) is 4.79 Å². The van der Waals surface area contributed by atoms with Crippen LogP contribution < -0.4 is 10.6 Å². The Morgan fingerprint density at radius 3 is 2.71 bits per heavy atom. The average Bonchev–Trinajstić information content (AvgIpc) is 2.55. The van der Waals surface area contributed by atoms with E-state index in [0.29, 0.717) is 32.2 Å². The standard InChI is InChI=1S/C12H17N3O2/c1-2-3-4-9-15-10(16)12(14-11(15)17)5-7-13-8-6-12/h1,13H,3-9H2,(H,14,17). The summed E-state index contributed by atoms with van der Waals surface area (Å²) in [5, 5.41) is 6.03. The number of carbonyl (C=O) groups is 2. The van der Waals surface area contributed by atoms with Crippen LogP contribution in [0.4, 0.5) is 4.79 Å². The first-order chi connectivity index (χ1) is 8.19. The van der Waals surface area contributed by atoms with E-state index in [2.05, 4.69) is 16.6 Å². The maximum atomic E-state index is 12.3. The summed E-state index contributed by atoms with van der Waals surface area (Å²) in [6, 6.07) is -0.270. The third-order valence-electron chi connectivity index (χ3n) is 3.41. The summed E-state index contributed by atoms with van der Waals surface area (Å²) in [4.78, 5) is 25.3. The molecule has 5 nitrogen and oxygen atoms in total. The molecule has 0 aromatic heterocycles. The quantitative estimate of drug-likeness (QED) is 0.413. The smallest absolute Gasteiger partial charge is 0.323 e. The van der Waals surface area contributed by atoms with Crippen LogP contribution in [0.1, 0.15) is 25.7 Å². The van der Waals surface area contributed by atoms with Crippen molar-refractivity contribution < 1.29 is 9.59 Å². The van der Waals surface area contributed by atoms with E-state index in [0.717, 1.165) is 13.1 Å². The third kappa shape index (κ3) is 2.13. The molecule has 0 aromatic carbocycles. The second kappa shape index (κ2) is 4.76. The molecule has 92 valence electrons. The van der Waals surface area contributed by atoms with Gasteiger partial charge in [-0.05, 0) is 32.4 Å². The number of carbonyl (C=O) groups excluding carboxylic acids is 2. The Morgan fingerprint density at radius 1 is 1.35 bits per heavy atom. The number of imide groups is 1. The molecule has 0 aliphatic carbocycles. The molecule has 2 aliphatic heterocycles. The lowest BCUT2D eigenvalue weighted by atomic mass is 9.88. The maximum absolute atomic E-state index is 12.3. The normalized spacial score (nSPS) is 22.6. The highest BCUT2D eigenvalue weighted by molar-refractivity contribution is 6.07. The van der Waals surface area contributed by atoms with E-state index in [-0.39, 0.29) is 11.9 Å². The number of rotatable bonds is 3. The Hall–Kier alpha value is -1.54. The van der Waals surface area contributed by atoms with Crippen molar-refractivity contribution in [3.05, 3.63) is 0 Å². The minimum atomic E-state index is -0.654. The number of unbranched alkanes of at least 4 members (excludes halogenated alkanes) is 1. The van der Waals surface area contributed by atoms with Gasteiger partial charge >= 0.3 is 6.03 Å². The predicted octanol–water partition coefficient (Wildman–Crippen LogP) is 0.0738. The van der Waals surface area contributed by atoms with Crippen LogP contribution >= 0.6 is 0 Å². The highest BCUT2D eigenvalue weighted by Crippen LogP contribution is 2.26. The molecule has 17 heavy (non-hydrogen) atoms. The first kappa shape index (κ1) is 11.9. The summed E-state index contributed by atoms with van der Waals surface area (Å²) < 4.78 is 0. The van der Waals surface area contributed by atoms with E-state index in [1.165, 1.54) is 4.90 Å². The third-order valence-corrected chi connectivity index (χ3v) is 3.41. The van der Waals surface area contributed by atoms with Crippen molar-refractivity contribution in [1.29, 1.82) is 0 Å². The van der Waals surface area contributed by atoms with Gasteiger partial charge < -0.3 is 10.6 Å². The Morgan fingerprint density at radius 2 is 2.06 bits per heavy atom. The van der Waals surface area contributed by atoms with Gasteiger partial charge in [0.25, 0.3) is 5.91 Å². The van der Waals surface area contributed by atoms with Crippen LogP contribution in [0.25, 0.3) is 0 Å². The maximum Gasteiger partial charge on any atom is 0.325 e. The number of urea groups is 1. The summed E-state index contributed by atoms with van der Waals surface area (Å²) in [6.45, 7) is 1.96. The van der Waals surface area contributed by atoms with Crippen LogP contribution in [0.2, 0.25) is 0 Å². The van der Waals surface area contributed by atoms with Crippen molar-refractivity contribution in [2.24, 2.45) is 0 Å². The summed E-state index contributed by atoms with van der Waals surface area (Å²) >= 11 is 0. The Balaban J connectivity index is 2.03. The molecule has 0 unspecified atom stereocenters. The van der Waals surface area contributed by atoms with Gasteiger partial charge in [-0.1, -0.05) is 0 Å². The Labute approximate surface area is 101 Å². The van der Waals surface area contributed by atoms with Crippen molar-refractivity contribution in [2.75, 3.05) is 19.6 Å². The number of hydrogen-bond donors (Lipinski definition) is 2. The van der Waals surface area contributed by atoms with Crippen LogP contribution in [0.3, 0.4) is 0 Å². The second-order valence-electron chi connectivity index (χ2n) is 4.53. The molecule has 2 fully saturated rings. The summed E-state index contributed by atoms with van der Waals surface area (Å²) in [6.07, 6.45) is 7.76. The molecule has 0 aromatic rings. The van der Waals surface area contributed by atoms with Crippen molar-refractivity contribution in [3.63, 3.8) is 0 Å². The molecule has 0 bridgehead atoms. The zero-order chi connectivity index (χ0) is 12.3. The van der Waals surface area contributed by atoms with Gasteiger partial charge in [-0.15, -0.1) is 12.3 Å². The molecular formula is C12H17N3O2. The molecule has 2 N–H and O–H groups in total. The van der Waals surface area contributed by atoms with E-state index in [1.54, 1.807) is 0 Å². The van der Waals surface area contributed by atoms with E-state index in [4.69, 9.17) is 6.42 Å². The van der Waals surface area contributed by atoms with Crippen LogP contribution in [-0.4, -0.2) is 42.0 Å². The molecule has 5 heteroatoms. The molecule has 0 atom stereocenters. The number of piperidine rings is 1. The van der Waals surface area contributed by atoms with Crippen molar-refractivity contribution in [1.82, 2.24) is 15.5 Å². The SMILES string of the molecule is C#CCCCN1C(=O)NC2(CCNCC2)C1=O. The Kier molecular flexibility index (Phi) is 3.34. The van der Waals surface area contributed by atoms with E-state index in [9.17, 15) is 9.59 Å². The lowest BCUT2D eigenvalue weighted by molar-refractivity contribution is -0.132. The number of nitrogens with one attached hydrogen (secondary N) is 2. The fraction of sp³-hybridized carbons (Fsp3) is 0.667. The molecule has 1 spiro atoms. The first-order valence-corrected chi connectivity index (χ1v) is 5.98. The highest BCUT2D eigenvalue weighted by Gasteiger charge is 2.50. The molecule has 2 saturated heterocycles. The van der Waals surface area contributed by atoms with E-state index in [1.807, 2.05) is 0 Å². The molecule has 0 saturated carbocycles. The zero-order valence-electron chi connectivity index (χ0n) is 9.79. The van der Waals surface area contributed by atoms with Gasteiger partial charge in [-0.25, -0.2) is 4.79 Å². The van der Waals surface area contributed by atoms with Crippen molar-refractivity contribution >= 4 is 11.9 Å². The number of terminal acetylenes is 1. The van der Waals surface area contributed by atoms with Crippen LogP contribution in [0, 0.1) is 12.3 Å². The van der Waals surface area contributed by atoms with Gasteiger partial charge in [0.1, 0.15) is 5.54 Å². The van der Waals surface area contributed by atoms with Gasteiger partial charge in [-0.2, -0.15) is 0 Å². The summed E-state index contributed by atoms with van der Waals surface area (Å²) in [7, 11) is 0. The summed E-state index contributed by atoms with van der Waals surface area (Å²) in [5.41, 5.74) is -0.654. The number of amides is 3. The second-order valence-corrected chi connectivity index (χ2v) is 4.53. The van der Waals surface area contributed by atoms with Crippen LogP contribution in [0.5, 0.6) is 0 Å². The van der Waals surface area contributed by atoms with E-state index >= 15 is 0 Å². The van der Waals surface area contributed by atoms with Gasteiger partial charge in [0.2, 0.25) is 0 Å².